The fourth-order valence-electron chi connectivity index (χ4n) is 3.25. The van der Waals surface area contributed by atoms with E-state index in [1.807, 2.05) is 19.9 Å². The molecule has 194 valence electrons. The molecule has 0 heterocycles. The van der Waals surface area contributed by atoms with Crippen LogP contribution in [0.3, 0.4) is 0 Å². The number of hydrogen-bond acceptors (Lipinski definition) is 7. The Hall–Kier alpha value is -3.63. The average Bonchev–Trinajstić information content (AvgIpc) is 2.74. The smallest absolute Gasteiger partial charge is 0.408 e. The van der Waals surface area contributed by atoms with E-state index >= 15 is 0 Å². The maximum atomic E-state index is 13.6. The van der Waals surface area contributed by atoms with Crippen molar-refractivity contribution in [3.8, 4) is 0 Å². The minimum Gasteiger partial charge on any atom is -0.468 e. The summed E-state index contributed by atoms with van der Waals surface area (Å²) in [6.07, 6.45) is -1.41. The van der Waals surface area contributed by atoms with Crippen molar-refractivity contribution in [3.05, 3.63) is 34.9 Å². The number of nitrogens with two attached hydrogens (primary N) is 1. The van der Waals surface area contributed by atoms with Crippen molar-refractivity contribution in [2.75, 3.05) is 20.2 Å². The highest BCUT2D eigenvalue weighted by atomic mass is 16.6. The number of rotatable bonds is 10. The highest BCUT2D eigenvalue weighted by Gasteiger charge is 2.36. The first-order valence-corrected chi connectivity index (χ1v) is 11.2. The molecule has 4 N–H and O–H groups in total. The van der Waals surface area contributed by atoms with Crippen molar-refractivity contribution >= 4 is 29.8 Å². The number of alkyl carbamates (subject to hydrolysis) is 1. The van der Waals surface area contributed by atoms with E-state index in [1.54, 1.807) is 39.8 Å². The number of primary amides is 1. The van der Waals surface area contributed by atoms with Gasteiger partial charge in [-0.3, -0.25) is 19.2 Å². The first kappa shape index (κ1) is 29.4. The van der Waals surface area contributed by atoms with Gasteiger partial charge in [0.2, 0.25) is 17.7 Å². The Morgan fingerprint density at radius 1 is 1.09 bits per heavy atom. The summed E-state index contributed by atoms with van der Waals surface area (Å²) in [4.78, 5) is 63.6. The molecule has 0 spiro atoms. The molecule has 0 aliphatic heterocycles. The van der Waals surface area contributed by atoms with Crippen LogP contribution in [0.15, 0.2) is 18.2 Å². The Morgan fingerprint density at radius 3 is 2.20 bits per heavy atom. The van der Waals surface area contributed by atoms with E-state index in [2.05, 4.69) is 15.4 Å². The predicted octanol–water partition coefficient (Wildman–Crippen LogP) is 1.25. The van der Waals surface area contributed by atoms with Crippen molar-refractivity contribution < 1.29 is 33.4 Å². The molecule has 1 rings (SSSR count). The van der Waals surface area contributed by atoms with Crippen molar-refractivity contribution in [1.82, 2.24) is 15.5 Å². The number of ether oxygens (including phenoxy) is 2. The zero-order valence-electron chi connectivity index (χ0n) is 21.4. The molecule has 11 nitrogen and oxygen atoms in total. The lowest BCUT2D eigenvalue weighted by molar-refractivity contribution is -0.145. The molecule has 1 aromatic carbocycles. The van der Waals surface area contributed by atoms with E-state index in [9.17, 15) is 24.0 Å². The van der Waals surface area contributed by atoms with Gasteiger partial charge in [0.15, 0.2) is 0 Å². The number of benzene rings is 1. The molecule has 4 amide bonds. The molecular weight excluding hydrogens is 456 g/mol. The molecule has 11 heteroatoms. The first-order chi connectivity index (χ1) is 16.2. The second kappa shape index (κ2) is 12.7. The monoisotopic (exact) mass is 492 g/mol. The van der Waals surface area contributed by atoms with Crippen LogP contribution in [0.5, 0.6) is 0 Å². The van der Waals surface area contributed by atoms with E-state index in [4.69, 9.17) is 10.5 Å². The van der Waals surface area contributed by atoms with Gasteiger partial charge in [0.1, 0.15) is 24.2 Å². The Labute approximate surface area is 205 Å². The zero-order chi connectivity index (χ0) is 26.9. The van der Waals surface area contributed by atoms with Gasteiger partial charge in [0, 0.05) is 6.54 Å². The van der Waals surface area contributed by atoms with E-state index in [0.717, 1.165) is 11.1 Å². The second-order valence-electron chi connectivity index (χ2n) is 9.03. The van der Waals surface area contributed by atoms with Gasteiger partial charge in [-0.25, -0.2) is 4.79 Å². The van der Waals surface area contributed by atoms with Gasteiger partial charge in [-0.05, 0) is 58.2 Å². The third-order valence-electron chi connectivity index (χ3n) is 5.06. The summed E-state index contributed by atoms with van der Waals surface area (Å²) >= 11 is 0. The molecule has 0 bridgehead atoms. The molecule has 2 atom stereocenters. The number of hydrogen-bond donors (Lipinski definition) is 3. The summed E-state index contributed by atoms with van der Waals surface area (Å²) in [5, 5.41) is 4.86. The SMILES string of the molecule is CCN(C(=O)C(CC(N)=O)NC(=O)OC(C)(C)C)C(C(=O)NCC(=O)OC)c1ccc(C)c(C)c1. The Morgan fingerprint density at radius 2 is 1.71 bits per heavy atom. The van der Waals surface area contributed by atoms with Crippen molar-refractivity contribution in [2.24, 2.45) is 5.73 Å². The van der Waals surface area contributed by atoms with Gasteiger partial charge in [-0.15, -0.1) is 0 Å². The largest absolute Gasteiger partial charge is 0.468 e. The predicted molar refractivity (Wildman–Crippen MR) is 128 cm³/mol. The number of carbonyl (C=O) groups excluding carboxylic acids is 5. The molecule has 0 aromatic heterocycles. The van der Waals surface area contributed by atoms with Crippen LogP contribution in [0.25, 0.3) is 0 Å². The highest BCUT2D eigenvalue weighted by Crippen LogP contribution is 2.25. The van der Waals surface area contributed by atoms with Crippen LogP contribution in [0.2, 0.25) is 0 Å². The van der Waals surface area contributed by atoms with Crippen LogP contribution in [-0.2, 0) is 28.7 Å². The normalized spacial score (nSPS) is 12.7. The van der Waals surface area contributed by atoms with E-state index in [-0.39, 0.29) is 6.54 Å². The van der Waals surface area contributed by atoms with Crippen molar-refractivity contribution in [3.63, 3.8) is 0 Å². The van der Waals surface area contributed by atoms with Crippen LogP contribution in [0.4, 0.5) is 4.79 Å². The number of esters is 1. The Bertz CT molecular complexity index is 956. The zero-order valence-corrected chi connectivity index (χ0v) is 21.4. The fourth-order valence-corrected chi connectivity index (χ4v) is 3.25. The second-order valence-corrected chi connectivity index (χ2v) is 9.03. The van der Waals surface area contributed by atoms with E-state index < -0.39 is 60.4 Å². The molecule has 2 unspecified atom stereocenters. The van der Waals surface area contributed by atoms with Gasteiger partial charge in [0.25, 0.3) is 0 Å². The molecule has 0 aliphatic rings. The summed E-state index contributed by atoms with van der Waals surface area (Å²) in [6, 6.07) is 2.74. The molecule has 35 heavy (non-hydrogen) atoms. The maximum Gasteiger partial charge on any atom is 0.408 e. The fraction of sp³-hybridized carbons (Fsp3) is 0.542. The van der Waals surface area contributed by atoms with Crippen LogP contribution in [0.1, 0.15) is 56.8 Å². The third-order valence-corrected chi connectivity index (χ3v) is 5.06. The minimum absolute atomic E-state index is 0.0489. The first-order valence-electron chi connectivity index (χ1n) is 11.2. The minimum atomic E-state index is -1.37. The lowest BCUT2D eigenvalue weighted by Crippen LogP contribution is -2.54. The molecule has 0 aliphatic carbocycles. The topological polar surface area (TPSA) is 157 Å². The molecule has 0 saturated carbocycles. The number of likely N-dealkylation sites (N-methyl/N-ethyl adjacent to an activating group) is 1. The summed E-state index contributed by atoms with van der Waals surface area (Å²) < 4.78 is 9.78. The molecule has 0 radical (unpaired) electrons. The Balaban J connectivity index is 3.40. The number of carbonyl (C=O) groups is 5. The number of methoxy groups -OCH3 is 1. The van der Waals surface area contributed by atoms with E-state index in [1.165, 1.54) is 12.0 Å². The molecular formula is C24H36N4O7. The quantitative estimate of drug-likeness (QED) is 0.415. The average molecular weight is 493 g/mol. The van der Waals surface area contributed by atoms with Crippen LogP contribution < -0.4 is 16.4 Å². The summed E-state index contributed by atoms with van der Waals surface area (Å²) in [5.41, 5.74) is 6.84. The standard InChI is InChI=1S/C24H36N4O7/c1-8-28(22(32)17(12-18(25)29)27-23(33)35-24(4,5)6)20(21(31)26-13-19(30)34-7)16-10-9-14(2)15(3)11-16/h9-11,17,20H,8,12-13H2,1-7H3,(H2,25,29)(H,26,31)(H,27,33). The lowest BCUT2D eigenvalue weighted by Gasteiger charge is -2.33. The number of nitrogens with zero attached hydrogens (tertiary/aromatic N) is 1. The van der Waals surface area contributed by atoms with Crippen molar-refractivity contribution in [2.45, 2.75) is 65.6 Å². The molecule has 0 saturated heterocycles. The molecule has 1 aromatic rings. The number of nitrogens with one attached hydrogen (secondary N) is 2. The summed E-state index contributed by atoms with van der Waals surface area (Å²) in [6.45, 7) is 10.0. The highest BCUT2D eigenvalue weighted by molar-refractivity contribution is 5.95. The van der Waals surface area contributed by atoms with Crippen LogP contribution >= 0.6 is 0 Å². The maximum absolute atomic E-state index is 13.6. The van der Waals surface area contributed by atoms with Crippen LogP contribution in [0, 0.1) is 13.8 Å². The molecule has 0 fully saturated rings. The number of amides is 4. The van der Waals surface area contributed by atoms with Gasteiger partial charge in [0.05, 0.1) is 13.5 Å². The van der Waals surface area contributed by atoms with Gasteiger partial charge >= 0.3 is 12.1 Å². The third kappa shape index (κ3) is 9.26. The summed E-state index contributed by atoms with van der Waals surface area (Å²) in [5.74, 6) is -2.84. The lowest BCUT2D eigenvalue weighted by atomic mass is 9.98. The van der Waals surface area contributed by atoms with Gasteiger partial charge in [-0.2, -0.15) is 0 Å². The summed E-state index contributed by atoms with van der Waals surface area (Å²) in [7, 11) is 1.19. The van der Waals surface area contributed by atoms with E-state index in [0.29, 0.717) is 5.56 Å². The van der Waals surface area contributed by atoms with Gasteiger partial charge in [-0.1, -0.05) is 18.2 Å². The Kier molecular flexibility index (Phi) is 10.7. The number of aryl methyl sites for hydroxylation is 2. The van der Waals surface area contributed by atoms with Crippen LogP contribution in [-0.4, -0.2) is 66.5 Å². The van der Waals surface area contributed by atoms with Crippen molar-refractivity contribution in [1.29, 1.82) is 0 Å². The van der Waals surface area contributed by atoms with Gasteiger partial charge < -0.3 is 30.7 Å².